The van der Waals surface area contributed by atoms with Gasteiger partial charge < -0.3 is 9.30 Å². The second kappa shape index (κ2) is 5.25. The second-order valence-electron chi connectivity index (χ2n) is 4.82. The molecule has 0 saturated heterocycles. The van der Waals surface area contributed by atoms with Gasteiger partial charge in [0.15, 0.2) is 0 Å². The lowest BCUT2D eigenvalue weighted by molar-refractivity contribution is 0.415. The lowest BCUT2D eigenvalue weighted by Gasteiger charge is -2.02. The quantitative estimate of drug-likeness (QED) is 0.674. The number of rotatable bonds is 3. The van der Waals surface area contributed by atoms with Crippen molar-refractivity contribution in [2.45, 2.75) is 6.92 Å². The highest BCUT2D eigenvalue weighted by Gasteiger charge is 2.00. The fourth-order valence-corrected chi connectivity index (χ4v) is 2.33. The Labute approximate surface area is 118 Å². The number of ether oxygens (including phenoxy) is 1. The summed E-state index contributed by atoms with van der Waals surface area (Å²) in [6.07, 6.45) is 6.30. The van der Waals surface area contributed by atoms with Crippen LogP contribution in [0.2, 0.25) is 0 Å². The maximum absolute atomic E-state index is 5.25. The molecule has 0 aliphatic carbocycles. The summed E-state index contributed by atoms with van der Waals surface area (Å²) in [5, 5.41) is 1.18. The van der Waals surface area contributed by atoms with Crippen LogP contribution in [0.25, 0.3) is 23.2 Å². The summed E-state index contributed by atoms with van der Waals surface area (Å²) < 4.78 is 7.38. The van der Waals surface area contributed by atoms with Gasteiger partial charge in [-0.1, -0.05) is 24.3 Å². The molecule has 0 radical (unpaired) electrons. The van der Waals surface area contributed by atoms with Crippen molar-refractivity contribution in [1.82, 2.24) is 4.57 Å². The molecule has 1 aromatic heterocycles. The molecule has 0 N–H and O–H groups in total. The van der Waals surface area contributed by atoms with E-state index in [1.807, 2.05) is 12.1 Å². The molecule has 0 amide bonds. The standard InChI is InChI=1S/C18H17NO/c1-14-5-3-4-6-15(14)9-11-19-12-10-16-13-17(20-2)7-8-18(16)19/h3-13H,1-2H3/b11-9-. The van der Waals surface area contributed by atoms with E-state index in [1.54, 1.807) is 7.11 Å². The maximum atomic E-state index is 5.25. The minimum atomic E-state index is 0.887. The average molecular weight is 263 g/mol. The number of aromatic nitrogens is 1. The maximum Gasteiger partial charge on any atom is 0.119 e. The van der Waals surface area contributed by atoms with Crippen LogP contribution in [0.3, 0.4) is 0 Å². The SMILES string of the molecule is COc1ccc2c(ccn2/C=C\c2ccccc2C)c1. The molecule has 0 aliphatic rings. The van der Waals surface area contributed by atoms with E-state index in [0.717, 1.165) is 5.75 Å². The molecule has 1 heterocycles. The van der Waals surface area contributed by atoms with E-state index in [1.165, 1.54) is 22.0 Å². The predicted molar refractivity (Wildman–Crippen MR) is 84.9 cm³/mol. The minimum absolute atomic E-state index is 0.887. The minimum Gasteiger partial charge on any atom is -0.497 e. The van der Waals surface area contributed by atoms with Crippen LogP contribution in [-0.2, 0) is 0 Å². The normalized spacial score (nSPS) is 11.3. The number of benzene rings is 2. The van der Waals surface area contributed by atoms with Crippen molar-refractivity contribution in [2.75, 3.05) is 7.11 Å². The third-order valence-electron chi connectivity index (χ3n) is 3.53. The molecule has 3 aromatic rings. The molecule has 2 nitrogen and oxygen atoms in total. The number of methoxy groups -OCH3 is 1. The Bertz CT molecular complexity index is 768. The lowest BCUT2D eigenvalue weighted by Crippen LogP contribution is -1.85. The fraction of sp³-hybridized carbons (Fsp3) is 0.111. The van der Waals surface area contributed by atoms with Crippen molar-refractivity contribution in [3.8, 4) is 5.75 Å². The first-order valence-electron chi connectivity index (χ1n) is 6.66. The van der Waals surface area contributed by atoms with Crippen molar-refractivity contribution in [1.29, 1.82) is 0 Å². The molecular weight excluding hydrogens is 246 g/mol. The van der Waals surface area contributed by atoms with Crippen molar-refractivity contribution in [3.05, 3.63) is 65.9 Å². The Morgan fingerprint density at radius 2 is 1.90 bits per heavy atom. The Kier molecular flexibility index (Phi) is 3.30. The van der Waals surface area contributed by atoms with Crippen LogP contribution in [-0.4, -0.2) is 11.7 Å². The molecule has 0 bridgehead atoms. The van der Waals surface area contributed by atoms with Gasteiger partial charge in [0, 0.05) is 17.8 Å². The predicted octanol–water partition coefficient (Wildman–Crippen LogP) is 4.59. The van der Waals surface area contributed by atoms with Crippen LogP contribution >= 0.6 is 0 Å². The largest absolute Gasteiger partial charge is 0.497 e. The van der Waals surface area contributed by atoms with Gasteiger partial charge in [0.1, 0.15) is 5.75 Å². The molecule has 20 heavy (non-hydrogen) atoms. The van der Waals surface area contributed by atoms with Gasteiger partial charge in [0.25, 0.3) is 0 Å². The monoisotopic (exact) mass is 263 g/mol. The molecule has 0 aliphatic heterocycles. The third kappa shape index (κ3) is 2.32. The Morgan fingerprint density at radius 1 is 1.05 bits per heavy atom. The van der Waals surface area contributed by atoms with Gasteiger partial charge in [-0.3, -0.25) is 0 Å². The average Bonchev–Trinajstić information content (AvgIpc) is 2.88. The molecule has 0 spiro atoms. The summed E-state index contributed by atoms with van der Waals surface area (Å²) in [6, 6.07) is 16.6. The summed E-state index contributed by atoms with van der Waals surface area (Å²) in [5.74, 6) is 0.887. The Balaban J connectivity index is 1.97. The summed E-state index contributed by atoms with van der Waals surface area (Å²) in [4.78, 5) is 0. The van der Waals surface area contributed by atoms with Gasteiger partial charge in [-0.15, -0.1) is 0 Å². The molecule has 3 rings (SSSR count). The van der Waals surface area contributed by atoms with E-state index < -0.39 is 0 Å². The number of hydrogen-bond acceptors (Lipinski definition) is 1. The highest BCUT2D eigenvalue weighted by Crippen LogP contribution is 2.22. The topological polar surface area (TPSA) is 14.2 Å². The van der Waals surface area contributed by atoms with Gasteiger partial charge in [0.05, 0.1) is 12.6 Å². The van der Waals surface area contributed by atoms with Crippen LogP contribution in [0, 0.1) is 6.92 Å². The lowest BCUT2D eigenvalue weighted by atomic mass is 10.1. The van der Waals surface area contributed by atoms with Gasteiger partial charge in [-0.05, 0) is 48.4 Å². The summed E-state index contributed by atoms with van der Waals surface area (Å²) in [7, 11) is 1.69. The Hall–Kier alpha value is -2.48. The molecule has 2 heteroatoms. The van der Waals surface area contributed by atoms with Crippen molar-refractivity contribution >= 4 is 23.2 Å². The molecular formula is C18H17NO. The summed E-state index contributed by atoms with van der Waals surface area (Å²) in [6.45, 7) is 2.12. The van der Waals surface area contributed by atoms with Gasteiger partial charge in [-0.25, -0.2) is 0 Å². The van der Waals surface area contributed by atoms with Crippen LogP contribution in [0.4, 0.5) is 0 Å². The molecule has 2 aromatic carbocycles. The number of fused-ring (bicyclic) bond motifs is 1. The molecule has 0 atom stereocenters. The van der Waals surface area contributed by atoms with Crippen molar-refractivity contribution in [3.63, 3.8) is 0 Å². The van der Waals surface area contributed by atoms with E-state index >= 15 is 0 Å². The molecule has 0 unspecified atom stereocenters. The van der Waals surface area contributed by atoms with Crippen molar-refractivity contribution < 1.29 is 4.74 Å². The van der Waals surface area contributed by atoms with E-state index in [4.69, 9.17) is 4.74 Å². The first-order chi connectivity index (χ1) is 9.78. The second-order valence-corrected chi connectivity index (χ2v) is 4.82. The molecule has 0 fully saturated rings. The van der Waals surface area contributed by atoms with Crippen LogP contribution < -0.4 is 4.74 Å². The first kappa shape index (κ1) is 12.5. The molecule has 0 saturated carbocycles. The highest BCUT2D eigenvalue weighted by atomic mass is 16.5. The van der Waals surface area contributed by atoms with E-state index in [0.29, 0.717) is 0 Å². The number of hydrogen-bond donors (Lipinski definition) is 0. The molecule has 100 valence electrons. The van der Waals surface area contributed by atoms with E-state index in [2.05, 4.69) is 66.4 Å². The van der Waals surface area contributed by atoms with E-state index in [9.17, 15) is 0 Å². The van der Waals surface area contributed by atoms with Crippen molar-refractivity contribution in [2.24, 2.45) is 0 Å². The number of aryl methyl sites for hydroxylation is 1. The van der Waals surface area contributed by atoms with Gasteiger partial charge in [0.2, 0.25) is 0 Å². The zero-order valence-electron chi connectivity index (χ0n) is 11.7. The third-order valence-corrected chi connectivity index (χ3v) is 3.53. The Morgan fingerprint density at radius 3 is 2.70 bits per heavy atom. The summed E-state index contributed by atoms with van der Waals surface area (Å²) in [5.41, 5.74) is 3.69. The van der Waals surface area contributed by atoms with E-state index in [-0.39, 0.29) is 0 Å². The van der Waals surface area contributed by atoms with Crippen LogP contribution in [0.15, 0.2) is 54.7 Å². The van der Waals surface area contributed by atoms with Gasteiger partial charge in [-0.2, -0.15) is 0 Å². The number of nitrogens with zero attached hydrogens (tertiary/aromatic N) is 1. The smallest absolute Gasteiger partial charge is 0.119 e. The van der Waals surface area contributed by atoms with Crippen LogP contribution in [0.1, 0.15) is 11.1 Å². The zero-order chi connectivity index (χ0) is 13.9. The summed E-state index contributed by atoms with van der Waals surface area (Å²) >= 11 is 0. The fourth-order valence-electron chi connectivity index (χ4n) is 2.33. The van der Waals surface area contributed by atoms with Gasteiger partial charge >= 0.3 is 0 Å². The zero-order valence-corrected chi connectivity index (χ0v) is 11.7. The first-order valence-corrected chi connectivity index (χ1v) is 6.66. The van der Waals surface area contributed by atoms with Crippen LogP contribution in [0.5, 0.6) is 5.75 Å². The highest BCUT2D eigenvalue weighted by molar-refractivity contribution is 5.84.